The monoisotopic (exact) mass is 277 g/mol. The highest BCUT2D eigenvalue weighted by Gasteiger charge is 2.08. The van der Waals surface area contributed by atoms with Crippen molar-refractivity contribution in [2.24, 2.45) is 0 Å². The molecule has 0 spiro atoms. The molecule has 19 heavy (non-hydrogen) atoms. The maximum absolute atomic E-state index is 5.79. The van der Waals surface area contributed by atoms with Crippen LogP contribution in [0.25, 0.3) is 0 Å². The minimum Gasteiger partial charge on any atom is -0.430 e. The molecule has 0 aliphatic heterocycles. The van der Waals surface area contributed by atoms with E-state index in [-0.39, 0.29) is 0 Å². The minimum absolute atomic E-state index is 0.599. The Balaban J connectivity index is 2.01. The standard InChI is InChI=1S/C14H19N3OS/c1-4-7-15-9-13-16-17-14(19-13)18-12-8-10(2)5-6-11(12)3/h5-6,8,15H,4,7,9H2,1-3H3. The lowest BCUT2D eigenvalue weighted by Gasteiger charge is -2.05. The highest BCUT2D eigenvalue weighted by Crippen LogP contribution is 2.28. The van der Waals surface area contributed by atoms with Crippen LogP contribution in [0, 0.1) is 13.8 Å². The van der Waals surface area contributed by atoms with Crippen LogP contribution in [-0.4, -0.2) is 16.7 Å². The van der Waals surface area contributed by atoms with Gasteiger partial charge in [0.25, 0.3) is 5.19 Å². The van der Waals surface area contributed by atoms with Crippen molar-refractivity contribution in [3.05, 3.63) is 34.3 Å². The molecule has 0 radical (unpaired) electrons. The Morgan fingerprint density at radius 1 is 1.26 bits per heavy atom. The number of hydrogen-bond donors (Lipinski definition) is 1. The molecule has 2 aromatic rings. The second kappa shape index (κ2) is 6.63. The number of rotatable bonds is 6. The molecule has 4 nitrogen and oxygen atoms in total. The molecule has 102 valence electrons. The Kier molecular flexibility index (Phi) is 4.87. The van der Waals surface area contributed by atoms with Gasteiger partial charge in [-0.3, -0.25) is 0 Å². The smallest absolute Gasteiger partial charge is 0.299 e. The second-order valence-corrected chi connectivity index (χ2v) is 5.53. The summed E-state index contributed by atoms with van der Waals surface area (Å²) in [6.45, 7) is 7.96. The van der Waals surface area contributed by atoms with E-state index in [1.54, 1.807) is 0 Å². The Hall–Kier alpha value is -1.46. The fourth-order valence-electron chi connectivity index (χ4n) is 1.63. The summed E-state index contributed by atoms with van der Waals surface area (Å²) in [4.78, 5) is 0. The fraction of sp³-hybridized carbons (Fsp3) is 0.429. The van der Waals surface area contributed by atoms with Crippen LogP contribution in [0.2, 0.25) is 0 Å². The van der Waals surface area contributed by atoms with Gasteiger partial charge in [-0.1, -0.05) is 35.5 Å². The van der Waals surface area contributed by atoms with Gasteiger partial charge in [-0.05, 0) is 44.0 Å². The van der Waals surface area contributed by atoms with Crippen LogP contribution in [0.1, 0.15) is 29.5 Å². The van der Waals surface area contributed by atoms with Gasteiger partial charge in [-0.15, -0.1) is 5.10 Å². The second-order valence-electron chi connectivity index (χ2n) is 4.51. The van der Waals surface area contributed by atoms with Crippen molar-refractivity contribution in [1.82, 2.24) is 15.5 Å². The van der Waals surface area contributed by atoms with Crippen LogP contribution >= 0.6 is 11.3 Å². The van der Waals surface area contributed by atoms with Gasteiger partial charge in [0.05, 0.1) is 0 Å². The van der Waals surface area contributed by atoms with Crippen molar-refractivity contribution >= 4 is 11.3 Å². The van der Waals surface area contributed by atoms with E-state index in [1.807, 2.05) is 19.9 Å². The zero-order valence-corrected chi connectivity index (χ0v) is 12.4. The summed E-state index contributed by atoms with van der Waals surface area (Å²) in [6, 6.07) is 6.14. The van der Waals surface area contributed by atoms with Crippen molar-refractivity contribution in [2.45, 2.75) is 33.7 Å². The molecule has 0 fully saturated rings. The van der Waals surface area contributed by atoms with Crippen molar-refractivity contribution < 1.29 is 4.74 Å². The molecule has 0 aliphatic rings. The molecule has 0 unspecified atom stereocenters. The van der Waals surface area contributed by atoms with Gasteiger partial charge < -0.3 is 10.1 Å². The third-order valence-corrected chi connectivity index (χ3v) is 3.49. The summed E-state index contributed by atoms with van der Waals surface area (Å²) in [5, 5.41) is 13.0. The average Bonchev–Trinajstić information content (AvgIpc) is 2.82. The van der Waals surface area contributed by atoms with Gasteiger partial charge in [-0.2, -0.15) is 0 Å². The highest BCUT2D eigenvalue weighted by atomic mass is 32.1. The number of aromatic nitrogens is 2. The van der Waals surface area contributed by atoms with E-state index in [0.717, 1.165) is 35.8 Å². The van der Waals surface area contributed by atoms with E-state index in [0.29, 0.717) is 5.19 Å². The van der Waals surface area contributed by atoms with Crippen molar-refractivity contribution in [3.8, 4) is 10.9 Å². The molecular formula is C14H19N3OS. The van der Waals surface area contributed by atoms with Crippen molar-refractivity contribution in [2.75, 3.05) is 6.54 Å². The topological polar surface area (TPSA) is 47.0 Å². The van der Waals surface area contributed by atoms with Gasteiger partial charge in [0.1, 0.15) is 10.8 Å². The lowest BCUT2D eigenvalue weighted by molar-refractivity contribution is 0.469. The molecule has 1 heterocycles. The summed E-state index contributed by atoms with van der Waals surface area (Å²) in [5.74, 6) is 0.851. The minimum atomic E-state index is 0.599. The molecule has 0 amide bonds. The Morgan fingerprint density at radius 2 is 2.11 bits per heavy atom. The van der Waals surface area contributed by atoms with Crippen molar-refractivity contribution in [1.29, 1.82) is 0 Å². The zero-order valence-electron chi connectivity index (χ0n) is 11.6. The quantitative estimate of drug-likeness (QED) is 0.822. The van der Waals surface area contributed by atoms with Crippen LogP contribution in [0.5, 0.6) is 10.9 Å². The molecule has 0 atom stereocenters. The van der Waals surface area contributed by atoms with Crippen LogP contribution < -0.4 is 10.1 Å². The summed E-state index contributed by atoms with van der Waals surface area (Å²) < 4.78 is 5.79. The molecule has 1 aromatic carbocycles. The summed E-state index contributed by atoms with van der Waals surface area (Å²) in [6.07, 6.45) is 1.12. The molecule has 1 N–H and O–H groups in total. The number of aryl methyl sites for hydroxylation is 2. The Labute approximate surface area is 117 Å². The molecule has 0 saturated heterocycles. The normalized spacial score (nSPS) is 10.7. The average molecular weight is 277 g/mol. The lowest BCUT2D eigenvalue weighted by Crippen LogP contribution is -2.13. The molecule has 0 aliphatic carbocycles. The summed E-state index contributed by atoms with van der Waals surface area (Å²) >= 11 is 1.49. The van der Waals surface area contributed by atoms with E-state index in [4.69, 9.17) is 4.74 Å². The van der Waals surface area contributed by atoms with Crippen molar-refractivity contribution in [3.63, 3.8) is 0 Å². The first-order valence-electron chi connectivity index (χ1n) is 6.47. The molecular weight excluding hydrogens is 258 g/mol. The first kappa shape index (κ1) is 14.0. The molecule has 1 aromatic heterocycles. The maximum atomic E-state index is 5.79. The van der Waals surface area contributed by atoms with Gasteiger partial charge in [0.2, 0.25) is 0 Å². The number of nitrogens with zero attached hydrogens (tertiary/aromatic N) is 2. The number of ether oxygens (including phenoxy) is 1. The van der Waals surface area contributed by atoms with Crippen LogP contribution in [0.15, 0.2) is 18.2 Å². The molecule has 0 bridgehead atoms. The molecule has 5 heteroatoms. The lowest BCUT2D eigenvalue weighted by atomic mass is 10.1. The third kappa shape index (κ3) is 4.01. The van der Waals surface area contributed by atoms with Crippen LogP contribution in [-0.2, 0) is 6.54 Å². The van der Waals surface area contributed by atoms with Crippen LogP contribution in [0.3, 0.4) is 0 Å². The van der Waals surface area contributed by atoms with Gasteiger partial charge in [0, 0.05) is 6.54 Å². The summed E-state index contributed by atoms with van der Waals surface area (Å²) in [5.41, 5.74) is 2.28. The SMILES string of the molecule is CCCNCc1nnc(Oc2cc(C)ccc2C)s1. The predicted molar refractivity (Wildman–Crippen MR) is 77.9 cm³/mol. The van der Waals surface area contributed by atoms with E-state index in [1.165, 1.54) is 16.9 Å². The zero-order chi connectivity index (χ0) is 13.7. The molecule has 0 saturated carbocycles. The van der Waals surface area contributed by atoms with E-state index >= 15 is 0 Å². The van der Waals surface area contributed by atoms with E-state index in [2.05, 4.69) is 34.6 Å². The first-order chi connectivity index (χ1) is 9.19. The highest BCUT2D eigenvalue weighted by molar-refractivity contribution is 7.13. The summed E-state index contributed by atoms with van der Waals surface area (Å²) in [7, 11) is 0. The first-order valence-corrected chi connectivity index (χ1v) is 7.29. The molecule has 2 rings (SSSR count). The largest absolute Gasteiger partial charge is 0.430 e. The van der Waals surface area contributed by atoms with Gasteiger partial charge >= 0.3 is 0 Å². The maximum Gasteiger partial charge on any atom is 0.299 e. The fourth-order valence-corrected chi connectivity index (χ4v) is 2.30. The predicted octanol–water partition coefficient (Wildman–Crippen LogP) is 3.45. The van der Waals surface area contributed by atoms with Gasteiger partial charge in [0.15, 0.2) is 0 Å². The number of hydrogen-bond acceptors (Lipinski definition) is 5. The van der Waals surface area contributed by atoms with E-state index < -0.39 is 0 Å². The Bertz CT molecular complexity index is 539. The van der Waals surface area contributed by atoms with Gasteiger partial charge in [-0.25, -0.2) is 0 Å². The number of benzene rings is 1. The number of nitrogens with one attached hydrogen (secondary N) is 1. The van der Waals surface area contributed by atoms with E-state index in [9.17, 15) is 0 Å². The third-order valence-electron chi connectivity index (χ3n) is 2.69. The Morgan fingerprint density at radius 3 is 2.89 bits per heavy atom. The van der Waals surface area contributed by atoms with Crippen LogP contribution in [0.4, 0.5) is 0 Å².